The lowest BCUT2D eigenvalue weighted by Crippen LogP contribution is -2.47. The highest BCUT2D eigenvalue weighted by Gasteiger charge is 2.38. The molecule has 1 N–H and O–H groups in total. The van der Waals surface area contributed by atoms with Gasteiger partial charge in [0.1, 0.15) is 11.5 Å². The van der Waals surface area contributed by atoms with E-state index >= 15 is 0 Å². The summed E-state index contributed by atoms with van der Waals surface area (Å²) >= 11 is 0. The van der Waals surface area contributed by atoms with Crippen LogP contribution in [0.2, 0.25) is 0 Å². The van der Waals surface area contributed by atoms with Crippen LogP contribution in [-0.4, -0.2) is 61.3 Å². The summed E-state index contributed by atoms with van der Waals surface area (Å²) in [5.41, 5.74) is 2.75. The quantitative estimate of drug-likeness (QED) is 0.896. The summed E-state index contributed by atoms with van der Waals surface area (Å²) < 4.78 is 0. The number of piperidine rings is 1. The maximum atomic E-state index is 13.2. The number of aryl methyl sites for hydroxylation is 1. The van der Waals surface area contributed by atoms with Gasteiger partial charge in [-0.15, -0.1) is 0 Å². The van der Waals surface area contributed by atoms with E-state index in [4.69, 9.17) is 0 Å². The molecular weight excluding hydrogens is 340 g/mol. The Morgan fingerprint density at radius 2 is 2.11 bits per heavy atom. The molecule has 27 heavy (non-hydrogen) atoms. The van der Waals surface area contributed by atoms with Gasteiger partial charge >= 0.3 is 0 Å². The summed E-state index contributed by atoms with van der Waals surface area (Å²) in [5, 5.41) is 0. The SMILES string of the molecule is Cc1[nH]cnc1CN1CC2CCC(C1)N(C(=O)c1ccnc(C(C)C)n1)C2. The Morgan fingerprint density at radius 1 is 1.26 bits per heavy atom. The molecule has 0 saturated carbocycles. The minimum Gasteiger partial charge on any atom is -0.348 e. The van der Waals surface area contributed by atoms with E-state index in [1.165, 1.54) is 6.42 Å². The number of hydrogen-bond donors (Lipinski definition) is 1. The van der Waals surface area contributed by atoms with Crippen molar-refractivity contribution in [1.29, 1.82) is 0 Å². The van der Waals surface area contributed by atoms with Crippen LogP contribution in [-0.2, 0) is 6.54 Å². The first kappa shape index (κ1) is 18.1. The normalized spacial score (nSPS) is 23.0. The summed E-state index contributed by atoms with van der Waals surface area (Å²) in [5.74, 6) is 1.51. The van der Waals surface area contributed by atoms with Gasteiger partial charge in [-0.2, -0.15) is 0 Å². The third-order valence-corrected chi connectivity index (χ3v) is 5.77. The Hall–Kier alpha value is -2.28. The smallest absolute Gasteiger partial charge is 0.272 e. The third kappa shape index (κ3) is 3.74. The molecule has 0 spiro atoms. The van der Waals surface area contributed by atoms with Crippen molar-refractivity contribution in [1.82, 2.24) is 29.7 Å². The number of hydrogen-bond acceptors (Lipinski definition) is 5. The number of carbonyl (C=O) groups is 1. The van der Waals surface area contributed by atoms with Crippen LogP contribution in [0.1, 0.15) is 60.3 Å². The highest BCUT2D eigenvalue weighted by Crippen LogP contribution is 2.30. The number of imidazole rings is 1. The molecule has 3 aliphatic heterocycles. The van der Waals surface area contributed by atoms with Crippen molar-refractivity contribution in [3.8, 4) is 0 Å². The van der Waals surface area contributed by atoms with Gasteiger partial charge in [0, 0.05) is 50.0 Å². The van der Waals surface area contributed by atoms with Crippen LogP contribution in [0.15, 0.2) is 18.6 Å². The number of aromatic nitrogens is 4. The van der Waals surface area contributed by atoms with Crippen molar-refractivity contribution in [2.45, 2.75) is 52.1 Å². The largest absolute Gasteiger partial charge is 0.348 e. The molecule has 2 unspecified atom stereocenters. The van der Waals surface area contributed by atoms with Gasteiger partial charge in [0.2, 0.25) is 0 Å². The van der Waals surface area contributed by atoms with Crippen molar-refractivity contribution in [3.05, 3.63) is 41.5 Å². The monoisotopic (exact) mass is 368 g/mol. The number of nitrogens with zero attached hydrogens (tertiary/aromatic N) is 5. The number of fused-ring (bicyclic) bond motifs is 4. The second kappa shape index (κ2) is 7.38. The van der Waals surface area contributed by atoms with Crippen molar-refractivity contribution in [2.75, 3.05) is 19.6 Å². The molecule has 5 rings (SSSR count). The molecule has 2 atom stereocenters. The molecule has 0 aliphatic carbocycles. The fourth-order valence-electron chi connectivity index (χ4n) is 4.23. The minimum absolute atomic E-state index is 0.0480. The van der Waals surface area contributed by atoms with Crippen LogP contribution >= 0.6 is 0 Å². The number of carbonyl (C=O) groups excluding carboxylic acids is 1. The van der Waals surface area contributed by atoms with Crippen molar-refractivity contribution < 1.29 is 4.79 Å². The van der Waals surface area contributed by atoms with Gasteiger partial charge in [-0.25, -0.2) is 15.0 Å². The predicted molar refractivity (Wildman–Crippen MR) is 102 cm³/mol. The predicted octanol–water partition coefficient (Wildman–Crippen LogP) is 2.37. The standard InChI is InChI=1S/C20H28N6O/c1-13(2)19-21-7-6-17(24-19)20(27)26-9-15-4-5-16(26)10-25(8-15)11-18-14(3)22-12-23-18/h6-7,12-13,15-16H,4-5,8-11H2,1-3H3,(H,22,23). The molecular formula is C20H28N6O. The van der Waals surface area contributed by atoms with Crippen molar-refractivity contribution in [3.63, 3.8) is 0 Å². The van der Waals surface area contributed by atoms with Crippen molar-refractivity contribution >= 4 is 5.91 Å². The minimum atomic E-state index is 0.0480. The van der Waals surface area contributed by atoms with E-state index in [1.807, 2.05) is 13.8 Å². The maximum Gasteiger partial charge on any atom is 0.272 e. The van der Waals surface area contributed by atoms with Crippen LogP contribution in [0.25, 0.3) is 0 Å². The van der Waals surface area contributed by atoms with Gasteiger partial charge in [-0.3, -0.25) is 9.69 Å². The van der Waals surface area contributed by atoms with Crippen LogP contribution in [0, 0.1) is 12.8 Å². The zero-order valence-electron chi connectivity index (χ0n) is 16.4. The Bertz CT molecular complexity index is 816. The zero-order chi connectivity index (χ0) is 19.0. The van der Waals surface area contributed by atoms with Gasteiger partial charge in [-0.1, -0.05) is 13.8 Å². The van der Waals surface area contributed by atoms with Crippen LogP contribution < -0.4 is 0 Å². The van der Waals surface area contributed by atoms with Crippen LogP contribution in [0.4, 0.5) is 0 Å². The summed E-state index contributed by atoms with van der Waals surface area (Å²) in [6.45, 7) is 9.74. The third-order valence-electron chi connectivity index (χ3n) is 5.77. The van der Waals surface area contributed by atoms with Gasteiger partial charge in [0.05, 0.1) is 12.0 Å². The fourth-order valence-corrected chi connectivity index (χ4v) is 4.23. The van der Waals surface area contributed by atoms with Crippen LogP contribution in [0.5, 0.6) is 0 Å². The molecule has 144 valence electrons. The molecule has 1 amide bonds. The average Bonchev–Trinajstić information content (AvgIpc) is 2.88. The van der Waals surface area contributed by atoms with E-state index in [0.717, 1.165) is 49.8 Å². The Balaban J connectivity index is 1.51. The molecule has 2 bridgehead atoms. The molecule has 2 aromatic rings. The highest BCUT2D eigenvalue weighted by atomic mass is 16.2. The topological polar surface area (TPSA) is 78.0 Å². The lowest BCUT2D eigenvalue weighted by atomic mass is 9.94. The number of amides is 1. The molecule has 7 nitrogen and oxygen atoms in total. The first-order valence-electron chi connectivity index (χ1n) is 9.86. The lowest BCUT2D eigenvalue weighted by molar-refractivity contribution is 0.0578. The molecule has 3 saturated heterocycles. The van der Waals surface area contributed by atoms with E-state index in [9.17, 15) is 4.79 Å². The summed E-state index contributed by atoms with van der Waals surface area (Å²) in [6.07, 6.45) is 5.72. The molecule has 3 fully saturated rings. The number of aromatic amines is 1. The summed E-state index contributed by atoms with van der Waals surface area (Å²) in [7, 11) is 0. The van der Waals surface area contributed by atoms with Crippen LogP contribution in [0.3, 0.4) is 0 Å². The van der Waals surface area contributed by atoms with Gasteiger partial charge in [0.25, 0.3) is 5.91 Å². The molecule has 7 heteroatoms. The maximum absolute atomic E-state index is 13.2. The average molecular weight is 368 g/mol. The zero-order valence-corrected chi connectivity index (χ0v) is 16.4. The van der Waals surface area contributed by atoms with Gasteiger partial charge in [-0.05, 0) is 31.7 Å². The number of rotatable bonds is 4. The first-order chi connectivity index (χ1) is 13.0. The first-order valence-corrected chi connectivity index (χ1v) is 9.86. The second-order valence-corrected chi connectivity index (χ2v) is 8.18. The molecule has 3 aliphatic rings. The second-order valence-electron chi connectivity index (χ2n) is 8.18. The van der Waals surface area contributed by atoms with Crippen molar-refractivity contribution in [2.24, 2.45) is 5.92 Å². The summed E-state index contributed by atoms with van der Waals surface area (Å²) in [4.78, 5) is 34.1. The molecule has 5 heterocycles. The van der Waals surface area contributed by atoms with E-state index in [2.05, 4.69) is 36.7 Å². The lowest BCUT2D eigenvalue weighted by Gasteiger charge is -2.36. The summed E-state index contributed by atoms with van der Waals surface area (Å²) in [6, 6.07) is 1.99. The molecule has 0 radical (unpaired) electrons. The fraction of sp³-hybridized carbons (Fsp3) is 0.600. The number of nitrogens with one attached hydrogen (secondary N) is 1. The van der Waals surface area contributed by atoms with Gasteiger partial charge in [0.15, 0.2) is 0 Å². The Morgan fingerprint density at radius 3 is 2.85 bits per heavy atom. The Labute approximate surface area is 160 Å². The Kier molecular flexibility index (Phi) is 4.95. The van der Waals surface area contributed by atoms with E-state index < -0.39 is 0 Å². The number of H-pyrrole nitrogens is 1. The van der Waals surface area contributed by atoms with E-state index in [1.54, 1.807) is 18.6 Å². The van der Waals surface area contributed by atoms with E-state index in [-0.39, 0.29) is 17.9 Å². The molecule has 2 aromatic heterocycles. The van der Waals surface area contributed by atoms with E-state index in [0.29, 0.717) is 11.6 Å². The van der Waals surface area contributed by atoms with Gasteiger partial charge < -0.3 is 9.88 Å². The highest BCUT2D eigenvalue weighted by molar-refractivity contribution is 5.92. The molecule has 0 aromatic carbocycles.